The molecule has 27 heavy (non-hydrogen) atoms. The molecule has 3 N–H and O–H groups in total. The Bertz CT molecular complexity index is 770. The van der Waals surface area contributed by atoms with Gasteiger partial charge in [0, 0.05) is 5.69 Å². The van der Waals surface area contributed by atoms with Gasteiger partial charge >= 0.3 is 0 Å². The normalized spacial score (nSPS) is 15.7. The predicted octanol–water partition coefficient (Wildman–Crippen LogP) is 2.72. The van der Waals surface area contributed by atoms with Crippen molar-refractivity contribution in [3.63, 3.8) is 0 Å². The molecule has 1 unspecified atom stereocenters. The number of hydrogen-bond donors (Lipinski definition) is 3. The summed E-state index contributed by atoms with van der Waals surface area (Å²) in [5, 5.41) is 5.80. The number of likely N-dealkylation sites (N-methyl/N-ethyl adjacent to an activating group) is 1. The Kier molecular flexibility index (Phi) is 6.60. The predicted molar refractivity (Wildman–Crippen MR) is 108 cm³/mol. The van der Waals surface area contributed by atoms with Crippen molar-refractivity contribution in [2.24, 2.45) is 0 Å². The third-order valence-corrected chi connectivity index (χ3v) is 5.22. The van der Waals surface area contributed by atoms with E-state index in [0.717, 1.165) is 5.69 Å². The van der Waals surface area contributed by atoms with Crippen molar-refractivity contribution in [2.75, 3.05) is 24.2 Å². The van der Waals surface area contributed by atoms with Gasteiger partial charge in [0.25, 0.3) is 11.8 Å². The first-order chi connectivity index (χ1) is 13.1. The number of para-hydroxylation sites is 2. The van der Waals surface area contributed by atoms with Gasteiger partial charge in [-0.1, -0.05) is 36.8 Å². The molecule has 1 aliphatic carbocycles. The molecule has 142 valence electrons. The topological polar surface area (TPSA) is 62.6 Å². The summed E-state index contributed by atoms with van der Waals surface area (Å²) < 4.78 is 0. The minimum Gasteiger partial charge on any atom is -0.327 e. The second kappa shape index (κ2) is 9.33. The molecule has 0 bridgehead atoms. The number of rotatable bonds is 6. The van der Waals surface area contributed by atoms with E-state index in [1.807, 2.05) is 36.4 Å². The zero-order valence-corrected chi connectivity index (χ0v) is 15.8. The Morgan fingerprint density at radius 3 is 2.33 bits per heavy atom. The average molecular weight is 366 g/mol. The summed E-state index contributed by atoms with van der Waals surface area (Å²) in [7, 11) is 2.09. The molecule has 1 aliphatic rings. The molecular weight excluding hydrogens is 338 g/mol. The molecule has 1 atom stereocenters. The molecule has 1 saturated carbocycles. The third-order valence-electron chi connectivity index (χ3n) is 5.22. The lowest BCUT2D eigenvalue weighted by molar-refractivity contribution is -0.899. The van der Waals surface area contributed by atoms with E-state index in [9.17, 15) is 9.59 Å². The standard InChI is InChI=1S/C22H27N3O2/c1-25(18-12-6-3-7-13-18)16-21(26)24-20-15-9-8-14-19(20)22(27)23-17-10-4-2-5-11-17/h2,4-5,8-11,14-15,18H,3,6-7,12-13,16H2,1H3,(H,23,27)(H,24,26)/p+1. The maximum Gasteiger partial charge on any atom is 0.279 e. The minimum absolute atomic E-state index is 0.0574. The molecule has 5 heteroatoms. The highest BCUT2D eigenvalue weighted by Gasteiger charge is 2.23. The van der Waals surface area contributed by atoms with Crippen LogP contribution in [0.5, 0.6) is 0 Å². The quantitative estimate of drug-likeness (QED) is 0.736. The molecule has 3 rings (SSSR count). The van der Waals surface area contributed by atoms with Gasteiger partial charge in [-0.3, -0.25) is 9.59 Å². The van der Waals surface area contributed by atoms with Crippen LogP contribution in [0.3, 0.4) is 0 Å². The molecular formula is C22H28N3O2+. The maximum atomic E-state index is 12.6. The number of amides is 2. The highest BCUT2D eigenvalue weighted by atomic mass is 16.2. The molecule has 0 aromatic heterocycles. The van der Waals surface area contributed by atoms with Crippen molar-refractivity contribution in [1.82, 2.24) is 0 Å². The van der Waals surface area contributed by atoms with Crippen LogP contribution in [0.4, 0.5) is 11.4 Å². The van der Waals surface area contributed by atoms with Crippen molar-refractivity contribution in [3.8, 4) is 0 Å². The van der Waals surface area contributed by atoms with Crippen molar-refractivity contribution < 1.29 is 14.5 Å². The van der Waals surface area contributed by atoms with Gasteiger partial charge in [-0.05, 0) is 49.9 Å². The molecule has 0 aliphatic heterocycles. The summed E-state index contributed by atoms with van der Waals surface area (Å²) in [4.78, 5) is 26.4. The van der Waals surface area contributed by atoms with E-state index in [1.165, 1.54) is 37.0 Å². The Labute approximate surface area is 160 Å². The second-order valence-corrected chi connectivity index (χ2v) is 7.27. The van der Waals surface area contributed by atoms with E-state index in [1.54, 1.807) is 18.2 Å². The fourth-order valence-electron chi connectivity index (χ4n) is 3.70. The number of quaternary nitrogens is 1. The lowest BCUT2D eigenvalue weighted by Crippen LogP contribution is -3.14. The number of benzene rings is 2. The van der Waals surface area contributed by atoms with E-state index in [-0.39, 0.29) is 11.8 Å². The summed E-state index contributed by atoms with van der Waals surface area (Å²) in [6.07, 6.45) is 6.20. The second-order valence-electron chi connectivity index (χ2n) is 7.27. The zero-order valence-electron chi connectivity index (χ0n) is 15.8. The Morgan fingerprint density at radius 1 is 0.926 bits per heavy atom. The number of carbonyl (C=O) groups excluding carboxylic acids is 2. The summed E-state index contributed by atoms with van der Waals surface area (Å²) >= 11 is 0. The van der Waals surface area contributed by atoms with Crippen LogP contribution >= 0.6 is 0 Å². The van der Waals surface area contributed by atoms with Gasteiger partial charge in [-0.25, -0.2) is 0 Å². The van der Waals surface area contributed by atoms with Gasteiger partial charge in [-0.2, -0.15) is 0 Å². The van der Waals surface area contributed by atoms with Gasteiger partial charge in [0.05, 0.1) is 24.3 Å². The lowest BCUT2D eigenvalue weighted by Gasteiger charge is -2.27. The number of hydrogen-bond acceptors (Lipinski definition) is 2. The molecule has 5 nitrogen and oxygen atoms in total. The van der Waals surface area contributed by atoms with Crippen molar-refractivity contribution in [3.05, 3.63) is 60.2 Å². The van der Waals surface area contributed by atoms with E-state index in [0.29, 0.717) is 23.8 Å². The van der Waals surface area contributed by atoms with Crippen LogP contribution in [-0.2, 0) is 4.79 Å². The van der Waals surface area contributed by atoms with Crippen LogP contribution in [0.1, 0.15) is 42.5 Å². The molecule has 2 aromatic carbocycles. The van der Waals surface area contributed by atoms with E-state index >= 15 is 0 Å². The number of anilines is 2. The van der Waals surface area contributed by atoms with E-state index in [2.05, 4.69) is 17.7 Å². The Balaban J connectivity index is 1.63. The van der Waals surface area contributed by atoms with Crippen LogP contribution in [0, 0.1) is 0 Å². The highest BCUT2D eigenvalue weighted by Crippen LogP contribution is 2.18. The van der Waals surface area contributed by atoms with Gasteiger partial charge < -0.3 is 15.5 Å². The monoisotopic (exact) mass is 366 g/mol. The first-order valence-corrected chi connectivity index (χ1v) is 9.71. The number of carbonyl (C=O) groups is 2. The largest absolute Gasteiger partial charge is 0.327 e. The van der Waals surface area contributed by atoms with Gasteiger partial charge in [0.1, 0.15) is 0 Å². The smallest absolute Gasteiger partial charge is 0.279 e. The van der Waals surface area contributed by atoms with E-state index < -0.39 is 0 Å². The minimum atomic E-state index is -0.231. The summed E-state index contributed by atoms with van der Waals surface area (Å²) in [6, 6.07) is 17.0. The van der Waals surface area contributed by atoms with Crippen molar-refractivity contribution in [2.45, 2.75) is 38.1 Å². The summed E-state index contributed by atoms with van der Waals surface area (Å²) in [5.41, 5.74) is 1.74. The Hall–Kier alpha value is -2.66. The Morgan fingerprint density at radius 2 is 1.59 bits per heavy atom. The molecule has 1 fully saturated rings. The van der Waals surface area contributed by atoms with Crippen LogP contribution in [0.25, 0.3) is 0 Å². The lowest BCUT2D eigenvalue weighted by atomic mass is 9.94. The molecule has 0 heterocycles. The van der Waals surface area contributed by atoms with E-state index in [4.69, 9.17) is 0 Å². The maximum absolute atomic E-state index is 12.6. The summed E-state index contributed by atoms with van der Waals surface area (Å²) in [6.45, 7) is 0.416. The summed E-state index contributed by atoms with van der Waals surface area (Å²) in [5.74, 6) is -0.289. The average Bonchev–Trinajstić information content (AvgIpc) is 2.69. The molecule has 0 radical (unpaired) electrons. The van der Waals surface area contributed by atoms with Crippen LogP contribution in [-0.4, -0.2) is 31.4 Å². The van der Waals surface area contributed by atoms with Gasteiger partial charge in [0.15, 0.2) is 6.54 Å². The first-order valence-electron chi connectivity index (χ1n) is 9.71. The highest BCUT2D eigenvalue weighted by molar-refractivity contribution is 6.10. The molecule has 0 saturated heterocycles. The SMILES string of the molecule is C[NH+](CC(=O)Nc1ccccc1C(=O)Nc1ccccc1)C1CCCCC1. The molecule has 2 aromatic rings. The van der Waals surface area contributed by atoms with Crippen LogP contribution in [0.2, 0.25) is 0 Å². The van der Waals surface area contributed by atoms with Crippen LogP contribution in [0.15, 0.2) is 54.6 Å². The molecule has 2 amide bonds. The third kappa shape index (κ3) is 5.41. The fraction of sp³-hybridized carbons (Fsp3) is 0.364. The molecule has 0 spiro atoms. The van der Waals surface area contributed by atoms with Crippen molar-refractivity contribution in [1.29, 1.82) is 0 Å². The zero-order chi connectivity index (χ0) is 19.1. The van der Waals surface area contributed by atoms with Gasteiger partial charge in [0.2, 0.25) is 0 Å². The van der Waals surface area contributed by atoms with Crippen LogP contribution < -0.4 is 15.5 Å². The van der Waals surface area contributed by atoms with Gasteiger partial charge in [-0.15, -0.1) is 0 Å². The van der Waals surface area contributed by atoms with Crippen molar-refractivity contribution >= 4 is 23.2 Å². The number of nitrogens with one attached hydrogen (secondary N) is 3. The first kappa shape index (κ1) is 19.1. The fourth-order valence-corrected chi connectivity index (χ4v) is 3.70.